The second kappa shape index (κ2) is 6.86. The van der Waals surface area contributed by atoms with Crippen LogP contribution in [0.3, 0.4) is 0 Å². The lowest BCUT2D eigenvalue weighted by Gasteiger charge is -2.13. The highest BCUT2D eigenvalue weighted by molar-refractivity contribution is 9.10. The van der Waals surface area contributed by atoms with E-state index in [9.17, 15) is 0 Å². The Labute approximate surface area is 132 Å². The van der Waals surface area contributed by atoms with Crippen molar-refractivity contribution >= 4 is 33.2 Å². The first kappa shape index (κ1) is 15.0. The number of benzene rings is 2. The number of anilines is 1. The van der Waals surface area contributed by atoms with Gasteiger partial charge in [-0.25, -0.2) is 0 Å². The Kier molecular flexibility index (Phi) is 5.15. The summed E-state index contributed by atoms with van der Waals surface area (Å²) < 4.78 is 11.3. The van der Waals surface area contributed by atoms with Gasteiger partial charge in [-0.15, -0.1) is 0 Å². The molecule has 5 heteroatoms. The van der Waals surface area contributed by atoms with Crippen LogP contribution in [0.2, 0.25) is 5.02 Å². The Morgan fingerprint density at radius 1 is 1.10 bits per heavy atom. The molecule has 0 spiro atoms. The third-order valence-corrected chi connectivity index (χ3v) is 3.66. The van der Waals surface area contributed by atoms with Gasteiger partial charge in [0.15, 0.2) is 5.75 Å². The molecular weight excluding hydrogens is 342 g/mol. The van der Waals surface area contributed by atoms with Crippen molar-refractivity contribution in [2.45, 2.75) is 6.54 Å². The Morgan fingerprint density at radius 3 is 2.40 bits per heavy atom. The topological polar surface area (TPSA) is 30.5 Å². The van der Waals surface area contributed by atoms with Gasteiger partial charge in [0.05, 0.1) is 24.4 Å². The van der Waals surface area contributed by atoms with Gasteiger partial charge in [0.25, 0.3) is 0 Å². The summed E-state index contributed by atoms with van der Waals surface area (Å²) in [5.41, 5.74) is 1.99. The number of rotatable bonds is 5. The van der Waals surface area contributed by atoms with E-state index in [0.29, 0.717) is 11.6 Å². The molecule has 106 valence electrons. The Morgan fingerprint density at radius 2 is 1.80 bits per heavy atom. The van der Waals surface area contributed by atoms with Crippen molar-refractivity contribution in [1.29, 1.82) is 0 Å². The molecule has 2 aromatic carbocycles. The predicted octanol–water partition coefficient (Wildman–Crippen LogP) is 4.73. The molecule has 0 radical (unpaired) electrons. The van der Waals surface area contributed by atoms with Crippen LogP contribution in [0.1, 0.15) is 5.56 Å². The maximum absolute atomic E-state index is 6.06. The van der Waals surface area contributed by atoms with Crippen molar-refractivity contribution in [3.63, 3.8) is 0 Å². The predicted molar refractivity (Wildman–Crippen MR) is 86.0 cm³/mol. The fourth-order valence-corrected chi connectivity index (χ4v) is 2.81. The van der Waals surface area contributed by atoms with Crippen molar-refractivity contribution in [1.82, 2.24) is 0 Å². The zero-order chi connectivity index (χ0) is 14.5. The van der Waals surface area contributed by atoms with E-state index >= 15 is 0 Å². The van der Waals surface area contributed by atoms with E-state index < -0.39 is 0 Å². The molecule has 0 heterocycles. The van der Waals surface area contributed by atoms with E-state index in [-0.39, 0.29) is 0 Å². The highest BCUT2D eigenvalue weighted by Gasteiger charge is 2.09. The second-order valence-electron chi connectivity index (χ2n) is 4.17. The van der Waals surface area contributed by atoms with E-state index in [1.54, 1.807) is 20.3 Å². The molecule has 0 atom stereocenters. The fourth-order valence-electron chi connectivity index (χ4n) is 1.84. The van der Waals surface area contributed by atoms with Crippen molar-refractivity contribution in [2.24, 2.45) is 0 Å². The first-order valence-corrected chi connectivity index (χ1v) is 7.21. The highest BCUT2D eigenvalue weighted by Crippen LogP contribution is 2.36. The Bertz CT molecular complexity index is 587. The molecule has 3 nitrogen and oxygen atoms in total. The van der Waals surface area contributed by atoms with Crippen molar-refractivity contribution in [2.75, 3.05) is 19.5 Å². The van der Waals surface area contributed by atoms with Crippen LogP contribution in [-0.4, -0.2) is 14.2 Å². The molecule has 0 unspecified atom stereocenters. The molecule has 0 amide bonds. The van der Waals surface area contributed by atoms with Gasteiger partial charge in [-0.05, 0) is 45.8 Å². The fraction of sp³-hybridized carbons (Fsp3) is 0.200. The summed E-state index contributed by atoms with van der Waals surface area (Å²) in [7, 11) is 3.29. The highest BCUT2D eigenvalue weighted by atomic mass is 79.9. The van der Waals surface area contributed by atoms with Crippen LogP contribution in [0.15, 0.2) is 40.9 Å². The standard InChI is InChI=1S/C15H15BrClNO2/c1-19-12-5-3-10(4-6-12)9-18-14-8-11(17)7-13(16)15(14)20-2/h3-8,18H,9H2,1-2H3. The monoisotopic (exact) mass is 355 g/mol. The van der Waals surface area contributed by atoms with Gasteiger partial charge >= 0.3 is 0 Å². The molecule has 0 fully saturated rings. The number of hydrogen-bond donors (Lipinski definition) is 1. The second-order valence-corrected chi connectivity index (χ2v) is 5.46. The smallest absolute Gasteiger partial charge is 0.156 e. The van der Waals surface area contributed by atoms with E-state index in [1.807, 2.05) is 30.3 Å². The van der Waals surface area contributed by atoms with E-state index in [0.717, 1.165) is 27.2 Å². The minimum Gasteiger partial charge on any atom is -0.497 e. The third-order valence-electron chi connectivity index (χ3n) is 2.85. The summed E-state index contributed by atoms with van der Waals surface area (Å²) >= 11 is 9.50. The van der Waals surface area contributed by atoms with Gasteiger partial charge in [-0.3, -0.25) is 0 Å². The van der Waals surface area contributed by atoms with Gasteiger partial charge in [0, 0.05) is 11.6 Å². The summed E-state index contributed by atoms with van der Waals surface area (Å²) in [4.78, 5) is 0. The largest absolute Gasteiger partial charge is 0.497 e. The average molecular weight is 357 g/mol. The van der Waals surface area contributed by atoms with Gasteiger partial charge in [-0.1, -0.05) is 23.7 Å². The zero-order valence-electron chi connectivity index (χ0n) is 11.2. The molecule has 0 aliphatic rings. The molecular formula is C15H15BrClNO2. The molecule has 0 aromatic heterocycles. The maximum Gasteiger partial charge on any atom is 0.156 e. The Balaban J connectivity index is 2.13. The minimum atomic E-state index is 0.648. The lowest BCUT2D eigenvalue weighted by Crippen LogP contribution is -2.02. The SMILES string of the molecule is COc1ccc(CNc2cc(Cl)cc(Br)c2OC)cc1. The minimum absolute atomic E-state index is 0.648. The van der Waals surface area contributed by atoms with Crippen molar-refractivity contribution < 1.29 is 9.47 Å². The van der Waals surface area contributed by atoms with Crippen LogP contribution >= 0.6 is 27.5 Å². The van der Waals surface area contributed by atoms with Crippen LogP contribution in [0.4, 0.5) is 5.69 Å². The summed E-state index contributed by atoms with van der Waals surface area (Å²) in [6, 6.07) is 11.5. The van der Waals surface area contributed by atoms with E-state index in [2.05, 4.69) is 21.2 Å². The third kappa shape index (κ3) is 3.58. The lowest BCUT2D eigenvalue weighted by molar-refractivity contribution is 0.413. The molecule has 20 heavy (non-hydrogen) atoms. The quantitative estimate of drug-likeness (QED) is 0.840. The van der Waals surface area contributed by atoms with Crippen LogP contribution in [0, 0.1) is 0 Å². The molecule has 2 rings (SSSR count). The summed E-state index contributed by atoms with van der Waals surface area (Å²) in [6.45, 7) is 0.674. The van der Waals surface area contributed by atoms with Gasteiger partial charge in [0.2, 0.25) is 0 Å². The normalized spacial score (nSPS) is 10.2. The molecule has 0 aliphatic heterocycles. The molecule has 0 aliphatic carbocycles. The zero-order valence-corrected chi connectivity index (χ0v) is 13.6. The van der Waals surface area contributed by atoms with Crippen LogP contribution < -0.4 is 14.8 Å². The van der Waals surface area contributed by atoms with Gasteiger partial charge in [-0.2, -0.15) is 0 Å². The molecule has 2 aromatic rings. The number of ether oxygens (including phenoxy) is 2. The summed E-state index contributed by atoms with van der Waals surface area (Å²) in [5.74, 6) is 1.58. The first-order chi connectivity index (χ1) is 9.63. The first-order valence-electron chi connectivity index (χ1n) is 6.04. The van der Waals surface area contributed by atoms with E-state index in [4.69, 9.17) is 21.1 Å². The molecule has 0 saturated heterocycles. The van der Waals surface area contributed by atoms with Gasteiger partial charge in [0.1, 0.15) is 5.75 Å². The summed E-state index contributed by atoms with van der Waals surface area (Å²) in [6.07, 6.45) is 0. The van der Waals surface area contributed by atoms with Crippen LogP contribution in [-0.2, 0) is 6.54 Å². The average Bonchev–Trinajstić information content (AvgIpc) is 2.45. The van der Waals surface area contributed by atoms with Crippen molar-refractivity contribution in [3.05, 3.63) is 51.5 Å². The van der Waals surface area contributed by atoms with Gasteiger partial charge < -0.3 is 14.8 Å². The van der Waals surface area contributed by atoms with E-state index in [1.165, 1.54) is 0 Å². The molecule has 0 bridgehead atoms. The number of methoxy groups -OCH3 is 2. The summed E-state index contributed by atoms with van der Waals surface area (Å²) in [5, 5.41) is 3.97. The van der Waals surface area contributed by atoms with Crippen LogP contribution in [0.25, 0.3) is 0 Å². The van der Waals surface area contributed by atoms with Crippen LogP contribution in [0.5, 0.6) is 11.5 Å². The number of halogens is 2. The number of nitrogens with one attached hydrogen (secondary N) is 1. The van der Waals surface area contributed by atoms with Crippen molar-refractivity contribution in [3.8, 4) is 11.5 Å². The lowest BCUT2D eigenvalue weighted by atomic mass is 10.2. The maximum atomic E-state index is 6.06. The number of hydrogen-bond acceptors (Lipinski definition) is 3. The molecule has 0 saturated carbocycles. The Hall–Kier alpha value is -1.39. The molecule has 1 N–H and O–H groups in total.